The van der Waals surface area contributed by atoms with Gasteiger partial charge in [0.2, 0.25) is 11.9 Å². The van der Waals surface area contributed by atoms with Crippen LogP contribution in [0.4, 0.5) is 22.0 Å². The molecule has 0 radical (unpaired) electrons. The molecule has 11 heteroatoms. The molecule has 8 nitrogen and oxygen atoms in total. The first-order valence-corrected chi connectivity index (χ1v) is 11.6. The summed E-state index contributed by atoms with van der Waals surface area (Å²) in [7, 11) is 0. The van der Waals surface area contributed by atoms with Crippen molar-refractivity contribution >= 4 is 40.7 Å². The number of hydrogen-bond acceptors (Lipinski definition) is 9. The number of hydrogen-bond donors (Lipinski definition) is 2. The second-order valence-corrected chi connectivity index (χ2v) is 9.08. The molecule has 0 atom stereocenters. The van der Waals surface area contributed by atoms with Crippen LogP contribution < -0.4 is 11.1 Å². The van der Waals surface area contributed by atoms with Crippen LogP contribution in [0.25, 0.3) is 0 Å². The highest BCUT2D eigenvalue weighted by atomic mass is 32.2. The lowest BCUT2D eigenvalue weighted by molar-refractivity contribution is 0.628. The van der Waals surface area contributed by atoms with Crippen LogP contribution >= 0.6 is 23.1 Å². The molecule has 3 heterocycles. The zero-order valence-corrected chi connectivity index (χ0v) is 18.0. The van der Waals surface area contributed by atoms with Crippen molar-refractivity contribution < 1.29 is 4.39 Å². The molecule has 0 bridgehead atoms. The van der Waals surface area contributed by atoms with E-state index in [4.69, 9.17) is 5.73 Å². The number of benzene rings is 1. The minimum atomic E-state index is -0.309. The minimum absolute atomic E-state index is 0.122. The zero-order valence-electron chi connectivity index (χ0n) is 16.4. The van der Waals surface area contributed by atoms with Gasteiger partial charge in [-0.1, -0.05) is 17.8 Å². The Balaban J connectivity index is 1.31. The summed E-state index contributed by atoms with van der Waals surface area (Å²) in [5.74, 6) is 2.13. The summed E-state index contributed by atoms with van der Waals surface area (Å²) in [4.78, 5) is 14.1. The van der Waals surface area contributed by atoms with E-state index in [1.54, 1.807) is 23.5 Å². The molecule has 1 saturated carbocycles. The molecule has 1 aliphatic carbocycles. The second-order valence-electron chi connectivity index (χ2n) is 7.11. The molecule has 0 amide bonds. The van der Waals surface area contributed by atoms with E-state index < -0.39 is 0 Å². The molecule has 0 spiro atoms. The normalized spacial score (nSPS) is 13.5. The van der Waals surface area contributed by atoms with E-state index in [1.807, 2.05) is 0 Å². The highest BCUT2D eigenvalue weighted by molar-refractivity contribution is 7.98. The summed E-state index contributed by atoms with van der Waals surface area (Å²) in [6.07, 6.45) is 3.08. The summed E-state index contributed by atoms with van der Waals surface area (Å²) in [6, 6.07) is 10.6. The number of rotatable bonds is 8. The van der Waals surface area contributed by atoms with Crippen molar-refractivity contribution in [3.05, 3.63) is 64.1 Å². The zero-order chi connectivity index (χ0) is 21.2. The summed E-state index contributed by atoms with van der Waals surface area (Å²) >= 11 is 3.26. The maximum Gasteiger partial charge on any atom is 0.232 e. The summed E-state index contributed by atoms with van der Waals surface area (Å²) < 4.78 is 15.4. The summed E-state index contributed by atoms with van der Waals surface area (Å²) in [5.41, 5.74) is 6.53. The predicted molar refractivity (Wildman–Crippen MR) is 119 cm³/mol. The Labute approximate surface area is 186 Å². The van der Waals surface area contributed by atoms with Crippen molar-refractivity contribution in [2.24, 2.45) is 0 Å². The van der Waals surface area contributed by atoms with E-state index >= 15 is 0 Å². The maximum absolute atomic E-state index is 13.1. The number of nitrogens with zero attached hydrogens (tertiary/aromatic N) is 6. The molecular weight excluding hydrogens is 435 g/mol. The first-order chi connectivity index (χ1) is 15.1. The standard InChI is InChI=1S/C20H19FN8S2/c21-12-3-5-13(6-4-12)23-19-25-16(24-18(22)26-19)11-31-20-28-27-17(29(20)14-7-8-14)10-15-2-1-9-30-15/h1-6,9,14H,7-8,10-11H2,(H3,22,23,24,25,26). The van der Waals surface area contributed by atoms with Gasteiger partial charge in [-0.25, -0.2) is 4.39 Å². The van der Waals surface area contributed by atoms with Crippen LogP contribution in [0.2, 0.25) is 0 Å². The van der Waals surface area contributed by atoms with Gasteiger partial charge in [-0.05, 0) is 48.6 Å². The molecule has 0 aliphatic heterocycles. The molecule has 5 rings (SSSR count). The van der Waals surface area contributed by atoms with E-state index in [0.717, 1.165) is 30.2 Å². The lowest BCUT2D eigenvalue weighted by Crippen LogP contribution is -2.07. The molecule has 3 N–H and O–H groups in total. The molecule has 1 fully saturated rings. The second kappa shape index (κ2) is 8.60. The fraction of sp³-hybridized carbons (Fsp3) is 0.250. The highest BCUT2D eigenvalue weighted by Crippen LogP contribution is 2.39. The first-order valence-electron chi connectivity index (χ1n) is 9.76. The van der Waals surface area contributed by atoms with E-state index in [1.165, 1.54) is 28.8 Å². The van der Waals surface area contributed by atoms with Gasteiger partial charge >= 0.3 is 0 Å². The minimum Gasteiger partial charge on any atom is -0.368 e. The number of anilines is 3. The van der Waals surface area contributed by atoms with Crippen molar-refractivity contribution in [3.63, 3.8) is 0 Å². The summed E-state index contributed by atoms with van der Waals surface area (Å²) in [6.45, 7) is 0. The molecule has 0 saturated heterocycles. The van der Waals surface area contributed by atoms with Crippen molar-refractivity contribution in [2.45, 2.75) is 36.2 Å². The van der Waals surface area contributed by atoms with Crippen LogP contribution in [0.3, 0.4) is 0 Å². The highest BCUT2D eigenvalue weighted by Gasteiger charge is 2.29. The molecule has 4 aromatic rings. The molecule has 3 aromatic heterocycles. The number of nitrogen functional groups attached to an aromatic ring is 1. The third kappa shape index (κ3) is 4.83. The smallest absolute Gasteiger partial charge is 0.232 e. The van der Waals surface area contributed by atoms with Gasteiger partial charge in [-0.15, -0.1) is 21.5 Å². The predicted octanol–water partition coefficient (Wildman–Crippen LogP) is 4.21. The van der Waals surface area contributed by atoms with Crippen LogP contribution in [-0.4, -0.2) is 29.7 Å². The van der Waals surface area contributed by atoms with Crippen LogP contribution in [0.15, 0.2) is 46.9 Å². The molecule has 0 unspecified atom stereocenters. The lowest BCUT2D eigenvalue weighted by atomic mass is 10.3. The number of aromatic nitrogens is 6. The van der Waals surface area contributed by atoms with Crippen molar-refractivity contribution in [2.75, 3.05) is 11.1 Å². The maximum atomic E-state index is 13.1. The summed E-state index contributed by atoms with van der Waals surface area (Å²) in [5, 5.41) is 14.8. The van der Waals surface area contributed by atoms with Gasteiger partial charge in [0.1, 0.15) is 17.5 Å². The van der Waals surface area contributed by atoms with Gasteiger partial charge in [-0.3, -0.25) is 0 Å². The van der Waals surface area contributed by atoms with E-state index in [0.29, 0.717) is 29.3 Å². The molecular formula is C20H19FN8S2. The van der Waals surface area contributed by atoms with Crippen molar-refractivity contribution in [1.82, 2.24) is 29.7 Å². The van der Waals surface area contributed by atoms with E-state index in [-0.39, 0.29) is 11.8 Å². The van der Waals surface area contributed by atoms with Gasteiger partial charge in [0.25, 0.3) is 0 Å². The fourth-order valence-electron chi connectivity index (χ4n) is 3.14. The Bertz CT molecular complexity index is 1170. The monoisotopic (exact) mass is 454 g/mol. The Morgan fingerprint density at radius 2 is 1.97 bits per heavy atom. The average Bonchev–Trinajstić information content (AvgIpc) is 3.30. The quantitative estimate of drug-likeness (QED) is 0.381. The van der Waals surface area contributed by atoms with Gasteiger partial charge in [0, 0.05) is 23.0 Å². The lowest BCUT2D eigenvalue weighted by Gasteiger charge is -2.09. The SMILES string of the molecule is Nc1nc(CSc2nnc(Cc3cccs3)n2C2CC2)nc(Nc2ccc(F)cc2)n1. The average molecular weight is 455 g/mol. The van der Waals surface area contributed by atoms with Gasteiger partial charge in [0.15, 0.2) is 5.16 Å². The largest absolute Gasteiger partial charge is 0.368 e. The molecule has 31 heavy (non-hydrogen) atoms. The topological polar surface area (TPSA) is 107 Å². The van der Waals surface area contributed by atoms with E-state index in [2.05, 4.69) is 52.5 Å². The fourth-order valence-corrected chi connectivity index (χ4v) is 4.73. The Kier molecular flexibility index (Phi) is 5.51. The van der Waals surface area contributed by atoms with Crippen molar-refractivity contribution in [1.29, 1.82) is 0 Å². The molecule has 158 valence electrons. The van der Waals surface area contributed by atoms with Gasteiger partial charge in [-0.2, -0.15) is 15.0 Å². The third-order valence-electron chi connectivity index (χ3n) is 4.69. The number of thioether (sulfide) groups is 1. The Morgan fingerprint density at radius 1 is 1.13 bits per heavy atom. The van der Waals surface area contributed by atoms with Crippen LogP contribution in [0, 0.1) is 5.82 Å². The van der Waals surface area contributed by atoms with Crippen LogP contribution in [-0.2, 0) is 12.2 Å². The van der Waals surface area contributed by atoms with Crippen molar-refractivity contribution in [3.8, 4) is 0 Å². The van der Waals surface area contributed by atoms with Gasteiger partial charge < -0.3 is 15.6 Å². The van der Waals surface area contributed by atoms with Crippen LogP contribution in [0.5, 0.6) is 0 Å². The third-order valence-corrected chi connectivity index (χ3v) is 6.50. The molecule has 1 aromatic carbocycles. The Hall–Kier alpha value is -3.05. The Morgan fingerprint density at radius 3 is 2.71 bits per heavy atom. The number of nitrogens with two attached hydrogens (primary N) is 1. The van der Waals surface area contributed by atoms with Crippen LogP contribution in [0.1, 0.15) is 35.4 Å². The first kappa shape index (κ1) is 19.9. The number of halogens is 1. The molecule has 1 aliphatic rings. The van der Waals surface area contributed by atoms with E-state index in [9.17, 15) is 4.39 Å². The van der Waals surface area contributed by atoms with Gasteiger partial charge in [0.05, 0.1) is 5.75 Å². The number of nitrogens with one attached hydrogen (secondary N) is 1. The number of thiophene rings is 1.